The first-order chi connectivity index (χ1) is 6.02. The molecule has 1 rings (SSSR count). The molecule has 1 saturated carbocycles. The highest BCUT2D eigenvalue weighted by Crippen LogP contribution is 2.31. The smallest absolute Gasteiger partial charge is 0.105 e. The third kappa shape index (κ3) is 3.03. The predicted molar refractivity (Wildman–Crippen MR) is 55.6 cm³/mol. The minimum absolute atomic E-state index is 0.123. The van der Waals surface area contributed by atoms with Crippen LogP contribution in [-0.4, -0.2) is 10.6 Å². The lowest BCUT2D eigenvalue weighted by atomic mass is 9.80. The SMILES string of the molecule is C=C(O)[C@@](C)(N)CC1CCCCC1. The van der Waals surface area contributed by atoms with E-state index in [1.165, 1.54) is 32.1 Å². The fourth-order valence-corrected chi connectivity index (χ4v) is 2.11. The molecule has 0 aromatic carbocycles. The van der Waals surface area contributed by atoms with E-state index in [0.717, 1.165) is 6.42 Å². The maximum absolute atomic E-state index is 9.29. The van der Waals surface area contributed by atoms with Crippen molar-refractivity contribution in [2.24, 2.45) is 11.7 Å². The summed E-state index contributed by atoms with van der Waals surface area (Å²) in [5.74, 6) is 0.811. The van der Waals surface area contributed by atoms with Crippen LogP contribution in [0.15, 0.2) is 12.3 Å². The average molecular weight is 183 g/mol. The van der Waals surface area contributed by atoms with Gasteiger partial charge in [0.1, 0.15) is 5.76 Å². The molecule has 0 bridgehead atoms. The van der Waals surface area contributed by atoms with Crippen molar-refractivity contribution in [2.75, 3.05) is 0 Å². The molecule has 1 aliphatic carbocycles. The van der Waals surface area contributed by atoms with Gasteiger partial charge in [-0.05, 0) is 19.3 Å². The molecule has 0 heterocycles. The molecule has 13 heavy (non-hydrogen) atoms. The standard InChI is InChI=1S/C11H21NO/c1-9(13)11(2,12)8-10-6-4-3-5-7-10/h10,13H,1,3-8,12H2,2H3/t11-/m0/s1. The van der Waals surface area contributed by atoms with Gasteiger partial charge in [0.25, 0.3) is 0 Å². The van der Waals surface area contributed by atoms with Gasteiger partial charge in [-0.25, -0.2) is 0 Å². The van der Waals surface area contributed by atoms with Gasteiger partial charge in [0.15, 0.2) is 0 Å². The molecule has 0 amide bonds. The van der Waals surface area contributed by atoms with E-state index in [9.17, 15) is 5.11 Å². The minimum Gasteiger partial charge on any atom is -0.511 e. The minimum atomic E-state index is -0.581. The summed E-state index contributed by atoms with van der Waals surface area (Å²) in [5.41, 5.74) is 5.36. The Bertz CT molecular complexity index is 181. The zero-order valence-corrected chi connectivity index (χ0v) is 8.55. The van der Waals surface area contributed by atoms with Gasteiger partial charge in [-0.15, -0.1) is 0 Å². The third-order valence-electron chi connectivity index (χ3n) is 3.10. The maximum Gasteiger partial charge on any atom is 0.105 e. The monoisotopic (exact) mass is 183 g/mol. The van der Waals surface area contributed by atoms with Gasteiger partial charge in [0.05, 0.1) is 5.54 Å². The van der Waals surface area contributed by atoms with Crippen LogP contribution in [0, 0.1) is 5.92 Å². The number of hydrogen-bond donors (Lipinski definition) is 2. The number of nitrogens with two attached hydrogens (primary N) is 1. The summed E-state index contributed by atoms with van der Waals surface area (Å²) in [4.78, 5) is 0. The van der Waals surface area contributed by atoms with Crippen molar-refractivity contribution >= 4 is 0 Å². The molecule has 0 saturated heterocycles. The van der Waals surface area contributed by atoms with Crippen molar-refractivity contribution in [3.8, 4) is 0 Å². The Morgan fingerprint density at radius 1 is 1.46 bits per heavy atom. The summed E-state index contributed by atoms with van der Waals surface area (Å²) in [5, 5.41) is 9.29. The first-order valence-corrected chi connectivity index (χ1v) is 5.19. The van der Waals surface area contributed by atoms with Crippen molar-refractivity contribution in [1.82, 2.24) is 0 Å². The van der Waals surface area contributed by atoms with Crippen LogP contribution in [0.2, 0.25) is 0 Å². The molecule has 0 spiro atoms. The van der Waals surface area contributed by atoms with E-state index in [2.05, 4.69) is 6.58 Å². The maximum atomic E-state index is 9.29. The predicted octanol–water partition coefficient (Wildman–Crippen LogP) is 2.75. The molecule has 76 valence electrons. The molecule has 3 N–H and O–H groups in total. The highest BCUT2D eigenvalue weighted by molar-refractivity contribution is 5.05. The molecular weight excluding hydrogens is 162 g/mol. The Labute approximate surface area is 80.8 Å². The number of rotatable bonds is 3. The zero-order chi connectivity index (χ0) is 9.90. The Balaban J connectivity index is 2.41. The van der Waals surface area contributed by atoms with Gasteiger partial charge in [-0.1, -0.05) is 38.7 Å². The van der Waals surface area contributed by atoms with E-state index in [0.29, 0.717) is 5.92 Å². The van der Waals surface area contributed by atoms with Crippen LogP contribution in [-0.2, 0) is 0 Å². The second-order valence-electron chi connectivity index (χ2n) is 4.57. The fraction of sp³-hybridized carbons (Fsp3) is 0.818. The van der Waals surface area contributed by atoms with Gasteiger partial charge in [0, 0.05) is 0 Å². The third-order valence-corrected chi connectivity index (χ3v) is 3.10. The molecule has 2 heteroatoms. The van der Waals surface area contributed by atoms with Crippen molar-refractivity contribution < 1.29 is 5.11 Å². The molecule has 0 aromatic heterocycles. The van der Waals surface area contributed by atoms with E-state index >= 15 is 0 Å². The van der Waals surface area contributed by atoms with Crippen molar-refractivity contribution in [3.63, 3.8) is 0 Å². The van der Waals surface area contributed by atoms with Crippen molar-refractivity contribution in [2.45, 2.75) is 51.0 Å². The van der Waals surface area contributed by atoms with Gasteiger partial charge < -0.3 is 10.8 Å². The average Bonchev–Trinajstić information content (AvgIpc) is 2.05. The van der Waals surface area contributed by atoms with E-state index < -0.39 is 5.54 Å². The summed E-state index contributed by atoms with van der Waals surface area (Å²) in [7, 11) is 0. The quantitative estimate of drug-likeness (QED) is 0.661. The van der Waals surface area contributed by atoms with Gasteiger partial charge in [-0.2, -0.15) is 0 Å². The zero-order valence-electron chi connectivity index (χ0n) is 8.55. The van der Waals surface area contributed by atoms with Crippen LogP contribution >= 0.6 is 0 Å². The van der Waals surface area contributed by atoms with Crippen LogP contribution in [0.4, 0.5) is 0 Å². The molecule has 0 aliphatic heterocycles. The summed E-state index contributed by atoms with van der Waals surface area (Å²) < 4.78 is 0. The molecule has 0 unspecified atom stereocenters. The number of aliphatic hydroxyl groups is 1. The first kappa shape index (κ1) is 10.6. The normalized spacial score (nSPS) is 23.8. The summed E-state index contributed by atoms with van der Waals surface area (Å²) in [6.45, 7) is 5.39. The Morgan fingerprint density at radius 3 is 2.46 bits per heavy atom. The molecule has 1 fully saturated rings. The highest BCUT2D eigenvalue weighted by atomic mass is 16.3. The second-order valence-corrected chi connectivity index (χ2v) is 4.57. The highest BCUT2D eigenvalue weighted by Gasteiger charge is 2.27. The van der Waals surface area contributed by atoms with Crippen LogP contribution in [0.1, 0.15) is 45.4 Å². The van der Waals surface area contributed by atoms with Crippen LogP contribution < -0.4 is 5.73 Å². The fourth-order valence-electron chi connectivity index (χ4n) is 2.11. The lowest BCUT2D eigenvalue weighted by molar-refractivity contribution is 0.236. The first-order valence-electron chi connectivity index (χ1n) is 5.19. The lowest BCUT2D eigenvalue weighted by Gasteiger charge is -2.30. The van der Waals surface area contributed by atoms with Crippen molar-refractivity contribution in [3.05, 3.63) is 12.3 Å². The van der Waals surface area contributed by atoms with Crippen molar-refractivity contribution in [1.29, 1.82) is 0 Å². The Hall–Kier alpha value is -0.500. The van der Waals surface area contributed by atoms with Crippen LogP contribution in [0.3, 0.4) is 0 Å². The van der Waals surface area contributed by atoms with Crippen LogP contribution in [0.5, 0.6) is 0 Å². The molecule has 0 radical (unpaired) electrons. The summed E-state index contributed by atoms with van der Waals surface area (Å²) >= 11 is 0. The molecule has 2 nitrogen and oxygen atoms in total. The summed E-state index contributed by atoms with van der Waals surface area (Å²) in [6.07, 6.45) is 7.40. The number of aliphatic hydroxyl groups excluding tert-OH is 1. The lowest BCUT2D eigenvalue weighted by Crippen LogP contribution is -2.40. The number of hydrogen-bond acceptors (Lipinski definition) is 2. The molecule has 1 atom stereocenters. The summed E-state index contributed by atoms with van der Waals surface area (Å²) in [6, 6.07) is 0. The Morgan fingerprint density at radius 2 is 2.00 bits per heavy atom. The van der Waals surface area contributed by atoms with E-state index in [1.807, 2.05) is 6.92 Å². The molecule has 1 aliphatic rings. The second kappa shape index (κ2) is 4.14. The van der Waals surface area contributed by atoms with E-state index in [1.54, 1.807) is 0 Å². The van der Waals surface area contributed by atoms with E-state index in [4.69, 9.17) is 5.73 Å². The van der Waals surface area contributed by atoms with Gasteiger partial charge in [0.2, 0.25) is 0 Å². The Kier molecular flexibility index (Phi) is 3.37. The largest absolute Gasteiger partial charge is 0.511 e. The molecular formula is C11H21NO. The van der Waals surface area contributed by atoms with Crippen LogP contribution in [0.25, 0.3) is 0 Å². The van der Waals surface area contributed by atoms with E-state index in [-0.39, 0.29) is 5.76 Å². The topological polar surface area (TPSA) is 46.2 Å². The molecule has 0 aromatic rings. The van der Waals surface area contributed by atoms with Gasteiger partial charge in [-0.3, -0.25) is 0 Å². The van der Waals surface area contributed by atoms with Gasteiger partial charge >= 0.3 is 0 Å².